The van der Waals surface area contributed by atoms with E-state index in [4.69, 9.17) is 11.6 Å². The summed E-state index contributed by atoms with van der Waals surface area (Å²) in [5.74, 6) is 0.0384. The highest BCUT2D eigenvalue weighted by molar-refractivity contribution is 14.1. The van der Waals surface area contributed by atoms with Crippen LogP contribution in [0.3, 0.4) is 0 Å². The van der Waals surface area contributed by atoms with Crippen LogP contribution in [0.1, 0.15) is 25.7 Å². The number of carbonyl (C=O) groups excluding carboxylic acids is 1. The van der Waals surface area contributed by atoms with Gasteiger partial charge in [-0.15, -0.1) is 0 Å². The molecule has 0 aliphatic heterocycles. The molecule has 0 heterocycles. The van der Waals surface area contributed by atoms with Crippen molar-refractivity contribution in [3.8, 4) is 0 Å². The summed E-state index contributed by atoms with van der Waals surface area (Å²) in [4.78, 5) is 11.7. The zero-order chi connectivity index (χ0) is 13.0. The van der Waals surface area contributed by atoms with E-state index in [1.54, 1.807) is 0 Å². The number of anilines is 1. The zero-order valence-corrected chi connectivity index (χ0v) is 12.9. The first-order valence-corrected chi connectivity index (χ1v) is 7.59. The molecule has 0 unspecified atom stereocenters. The molecule has 98 valence electrons. The molecule has 1 aliphatic rings. The van der Waals surface area contributed by atoms with Crippen LogP contribution < -0.4 is 10.6 Å². The summed E-state index contributed by atoms with van der Waals surface area (Å²) in [6.45, 7) is 0.275. The van der Waals surface area contributed by atoms with Crippen LogP contribution >= 0.6 is 34.2 Å². The molecule has 0 aromatic heterocycles. The van der Waals surface area contributed by atoms with Gasteiger partial charge in [-0.2, -0.15) is 0 Å². The molecule has 1 saturated carbocycles. The van der Waals surface area contributed by atoms with Crippen molar-refractivity contribution in [1.82, 2.24) is 5.32 Å². The maximum absolute atomic E-state index is 11.7. The van der Waals surface area contributed by atoms with E-state index in [0.717, 1.165) is 22.1 Å². The van der Waals surface area contributed by atoms with Crippen molar-refractivity contribution in [3.63, 3.8) is 0 Å². The molecule has 5 heteroatoms. The topological polar surface area (TPSA) is 41.1 Å². The van der Waals surface area contributed by atoms with E-state index < -0.39 is 0 Å². The van der Waals surface area contributed by atoms with E-state index in [1.165, 1.54) is 12.8 Å². The molecular weight excluding hydrogens is 363 g/mol. The lowest BCUT2D eigenvalue weighted by Crippen LogP contribution is -2.36. The van der Waals surface area contributed by atoms with Crippen LogP contribution in [0.25, 0.3) is 0 Å². The average Bonchev–Trinajstić information content (AvgIpc) is 2.80. The number of amides is 1. The van der Waals surface area contributed by atoms with Crippen LogP contribution in [0.15, 0.2) is 18.2 Å². The quantitative estimate of drug-likeness (QED) is 0.788. The van der Waals surface area contributed by atoms with Gasteiger partial charge in [-0.1, -0.05) is 24.4 Å². The third-order valence-corrected chi connectivity index (χ3v) is 4.07. The first-order valence-electron chi connectivity index (χ1n) is 6.13. The number of benzene rings is 1. The summed E-state index contributed by atoms with van der Waals surface area (Å²) in [5.41, 5.74) is 0.804. The van der Waals surface area contributed by atoms with Gasteiger partial charge in [0.1, 0.15) is 0 Å². The number of hydrogen-bond acceptors (Lipinski definition) is 2. The van der Waals surface area contributed by atoms with Gasteiger partial charge in [0.15, 0.2) is 0 Å². The number of hydrogen-bond donors (Lipinski definition) is 2. The van der Waals surface area contributed by atoms with Crippen molar-refractivity contribution in [2.45, 2.75) is 31.7 Å². The van der Waals surface area contributed by atoms with Gasteiger partial charge in [-0.05, 0) is 53.6 Å². The lowest BCUT2D eigenvalue weighted by molar-refractivity contribution is -0.120. The third kappa shape index (κ3) is 4.02. The molecule has 0 radical (unpaired) electrons. The predicted octanol–water partition coefficient (Wildman–Crippen LogP) is 3.42. The molecule has 2 N–H and O–H groups in total. The van der Waals surface area contributed by atoms with Crippen molar-refractivity contribution < 1.29 is 4.79 Å². The van der Waals surface area contributed by atoms with E-state index in [1.807, 2.05) is 18.2 Å². The van der Waals surface area contributed by atoms with Crippen LogP contribution in [0.5, 0.6) is 0 Å². The first-order chi connectivity index (χ1) is 8.65. The molecule has 3 nitrogen and oxygen atoms in total. The summed E-state index contributed by atoms with van der Waals surface area (Å²) in [6, 6.07) is 6.10. The molecule has 1 aromatic carbocycles. The second-order valence-corrected chi connectivity index (χ2v) is 6.18. The number of halogens is 2. The Hall–Kier alpha value is -0.490. The molecule has 2 rings (SSSR count). The fourth-order valence-corrected chi connectivity index (χ4v) is 3.08. The smallest absolute Gasteiger partial charge is 0.239 e. The fourth-order valence-electron chi connectivity index (χ4n) is 2.16. The Morgan fingerprint density at radius 2 is 2.11 bits per heavy atom. The van der Waals surface area contributed by atoms with Gasteiger partial charge in [0.2, 0.25) is 5.91 Å². The van der Waals surface area contributed by atoms with Crippen LogP contribution in [-0.2, 0) is 4.79 Å². The Bertz CT molecular complexity index is 433. The Kier molecular flexibility index (Phi) is 5.12. The number of nitrogens with one attached hydrogen (secondary N) is 2. The standard InChI is InChI=1S/C13H16ClIN2O/c14-11-7-9(15)5-6-12(11)16-8-13(18)17-10-3-1-2-4-10/h5-7,10,16H,1-4,8H2,(H,17,18). The lowest BCUT2D eigenvalue weighted by Gasteiger charge is -2.13. The Morgan fingerprint density at radius 3 is 2.78 bits per heavy atom. The third-order valence-electron chi connectivity index (χ3n) is 3.09. The molecule has 18 heavy (non-hydrogen) atoms. The maximum Gasteiger partial charge on any atom is 0.239 e. The molecule has 1 aromatic rings. The molecule has 1 amide bonds. The van der Waals surface area contributed by atoms with Gasteiger partial charge in [-0.25, -0.2) is 0 Å². The van der Waals surface area contributed by atoms with Crippen molar-refractivity contribution in [2.75, 3.05) is 11.9 Å². The normalized spacial score (nSPS) is 15.7. The number of rotatable bonds is 4. The molecular formula is C13H16ClIN2O. The van der Waals surface area contributed by atoms with Crippen molar-refractivity contribution in [1.29, 1.82) is 0 Å². The van der Waals surface area contributed by atoms with E-state index in [2.05, 4.69) is 33.2 Å². The largest absolute Gasteiger partial charge is 0.375 e. The minimum absolute atomic E-state index is 0.0384. The highest BCUT2D eigenvalue weighted by Gasteiger charge is 2.16. The van der Waals surface area contributed by atoms with Crippen LogP contribution in [0, 0.1) is 3.57 Å². The highest BCUT2D eigenvalue weighted by atomic mass is 127. The van der Waals surface area contributed by atoms with Crippen LogP contribution in [-0.4, -0.2) is 18.5 Å². The molecule has 1 aliphatic carbocycles. The van der Waals surface area contributed by atoms with Gasteiger partial charge in [0, 0.05) is 9.61 Å². The van der Waals surface area contributed by atoms with Gasteiger partial charge < -0.3 is 10.6 Å². The van der Waals surface area contributed by atoms with Crippen molar-refractivity contribution in [3.05, 3.63) is 26.8 Å². The minimum atomic E-state index is 0.0384. The van der Waals surface area contributed by atoms with E-state index in [-0.39, 0.29) is 12.5 Å². The Balaban J connectivity index is 1.81. The number of carbonyl (C=O) groups is 1. The van der Waals surface area contributed by atoms with Gasteiger partial charge >= 0.3 is 0 Å². The van der Waals surface area contributed by atoms with Gasteiger partial charge in [-0.3, -0.25) is 4.79 Å². The minimum Gasteiger partial charge on any atom is -0.375 e. The molecule has 0 atom stereocenters. The summed E-state index contributed by atoms with van der Waals surface area (Å²) in [6.07, 6.45) is 4.66. The van der Waals surface area contributed by atoms with Gasteiger partial charge in [0.25, 0.3) is 0 Å². The SMILES string of the molecule is O=C(CNc1ccc(I)cc1Cl)NC1CCCC1. The zero-order valence-electron chi connectivity index (χ0n) is 10.0. The van der Waals surface area contributed by atoms with Gasteiger partial charge in [0.05, 0.1) is 17.3 Å². The average molecular weight is 379 g/mol. The lowest BCUT2D eigenvalue weighted by atomic mass is 10.2. The van der Waals surface area contributed by atoms with E-state index in [0.29, 0.717) is 11.1 Å². The van der Waals surface area contributed by atoms with E-state index in [9.17, 15) is 4.79 Å². The molecule has 0 spiro atoms. The Morgan fingerprint density at radius 1 is 1.39 bits per heavy atom. The Labute approximate surface area is 126 Å². The van der Waals surface area contributed by atoms with Crippen molar-refractivity contribution >= 4 is 45.8 Å². The van der Waals surface area contributed by atoms with Crippen molar-refractivity contribution in [2.24, 2.45) is 0 Å². The van der Waals surface area contributed by atoms with Crippen LogP contribution in [0.2, 0.25) is 5.02 Å². The molecule has 1 fully saturated rings. The summed E-state index contributed by atoms with van der Waals surface area (Å²) in [7, 11) is 0. The van der Waals surface area contributed by atoms with E-state index >= 15 is 0 Å². The maximum atomic E-state index is 11.7. The second-order valence-electron chi connectivity index (χ2n) is 4.53. The highest BCUT2D eigenvalue weighted by Crippen LogP contribution is 2.23. The molecule has 0 saturated heterocycles. The summed E-state index contributed by atoms with van der Waals surface area (Å²) < 4.78 is 1.08. The summed E-state index contributed by atoms with van der Waals surface area (Å²) >= 11 is 8.29. The first kappa shape index (κ1) is 13.9. The van der Waals surface area contributed by atoms with Crippen LogP contribution in [0.4, 0.5) is 5.69 Å². The predicted molar refractivity (Wildman–Crippen MR) is 83.1 cm³/mol. The monoisotopic (exact) mass is 378 g/mol. The summed E-state index contributed by atoms with van der Waals surface area (Å²) in [5, 5.41) is 6.75. The molecule has 0 bridgehead atoms. The fraction of sp³-hybridized carbons (Fsp3) is 0.462. The second kappa shape index (κ2) is 6.61.